The van der Waals surface area contributed by atoms with Crippen molar-refractivity contribution < 1.29 is 18.7 Å². The van der Waals surface area contributed by atoms with E-state index in [2.05, 4.69) is 30.5 Å². The third-order valence-corrected chi connectivity index (χ3v) is 5.79. The zero-order valence-electron chi connectivity index (χ0n) is 19.9. The van der Waals surface area contributed by atoms with Crippen molar-refractivity contribution in [2.45, 2.75) is 19.4 Å². The molecule has 0 saturated carbocycles. The first-order valence-electron chi connectivity index (χ1n) is 11.5. The van der Waals surface area contributed by atoms with Gasteiger partial charge in [0.05, 0.1) is 20.3 Å². The van der Waals surface area contributed by atoms with E-state index in [1.807, 2.05) is 18.3 Å². The Bertz CT molecular complexity index is 1140. The lowest BCUT2D eigenvalue weighted by Gasteiger charge is -2.26. The number of rotatable bonds is 9. The molecule has 9 nitrogen and oxygen atoms in total. The number of carbonyl (C=O) groups excluding carboxylic acids is 1. The van der Waals surface area contributed by atoms with Crippen molar-refractivity contribution in [3.8, 4) is 5.75 Å². The molecule has 0 atom stereocenters. The van der Waals surface area contributed by atoms with Crippen molar-refractivity contribution in [3.63, 3.8) is 0 Å². The number of amides is 1. The molecule has 4 rings (SSSR count). The smallest absolute Gasteiger partial charge is 0.251 e. The summed E-state index contributed by atoms with van der Waals surface area (Å²) in [5.74, 6) is 0.356. The summed E-state index contributed by atoms with van der Waals surface area (Å²) < 4.78 is 25.1. The van der Waals surface area contributed by atoms with Crippen LogP contribution in [0.3, 0.4) is 0 Å². The molecule has 1 aliphatic heterocycles. The van der Waals surface area contributed by atoms with Gasteiger partial charge >= 0.3 is 0 Å². The summed E-state index contributed by atoms with van der Waals surface area (Å²) in [6.45, 7) is 4.25. The van der Waals surface area contributed by atoms with Gasteiger partial charge in [-0.2, -0.15) is 0 Å². The monoisotopic (exact) mass is 480 g/mol. The number of benzene rings is 1. The summed E-state index contributed by atoms with van der Waals surface area (Å²) >= 11 is 0. The lowest BCUT2D eigenvalue weighted by Crippen LogP contribution is -2.35. The summed E-state index contributed by atoms with van der Waals surface area (Å²) in [7, 11) is 2.90. The fraction of sp³-hybridized carbons (Fsp3) is 0.360. The number of ether oxygens (including phenoxy) is 2. The second kappa shape index (κ2) is 11.7. The van der Waals surface area contributed by atoms with Gasteiger partial charge in [-0.05, 0) is 47.7 Å². The van der Waals surface area contributed by atoms with Crippen LogP contribution in [-0.2, 0) is 24.1 Å². The lowest BCUT2D eigenvalue weighted by molar-refractivity contribution is 0.0341. The van der Waals surface area contributed by atoms with Crippen LogP contribution in [0.2, 0.25) is 0 Å². The van der Waals surface area contributed by atoms with Crippen LogP contribution >= 0.6 is 0 Å². The predicted molar refractivity (Wildman–Crippen MR) is 129 cm³/mol. The van der Waals surface area contributed by atoms with Gasteiger partial charge in [0.25, 0.3) is 5.91 Å². The number of carbonyl (C=O) groups is 1. The van der Waals surface area contributed by atoms with Crippen LogP contribution in [0.25, 0.3) is 0 Å². The van der Waals surface area contributed by atoms with Crippen molar-refractivity contribution in [2.24, 2.45) is 0 Å². The number of aromatic nitrogens is 3. The molecule has 184 valence electrons. The summed E-state index contributed by atoms with van der Waals surface area (Å²) in [4.78, 5) is 27.5. The zero-order chi connectivity index (χ0) is 24.6. The Morgan fingerprint density at radius 1 is 1.09 bits per heavy atom. The van der Waals surface area contributed by atoms with Crippen LogP contribution in [0.5, 0.6) is 5.75 Å². The van der Waals surface area contributed by atoms with Gasteiger partial charge in [-0.15, -0.1) is 0 Å². The third kappa shape index (κ3) is 6.49. The van der Waals surface area contributed by atoms with Crippen molar-refractivity contribution in [1.82, 2.24) is 25.2 Å². The van der Waals surface area contributed by atoms with Crippen molar-refractivity contribution >= 4 is 17.7 Å². The number of hydrogen-bond donors (Lipinski definition) is 2. The SMILES string of the molecule is CNC(=O)c1cc(CCc2cnc(Nc3ccc(CN4CCOCC4)cn3)nc2)c(F)c(OC)c1. The number of methoxy groups -OCH3 is 1. The minimum Gasteiger partial charge on any atom is -0.494 e. The quantitative estimate of drug-likeness (QED) is 0.482. The molecule has 0 bridgehead atoms. The standard InChI is InChI=1S/C25H29FN6O3/c1-27-24(33)20-11-19(23(26)21(12-20)34-2)5-3-17-13-29-25(30-14-17)31-22-6-4-18(15-28-22)16-32-7-9-35-10-8-32/h4,6,11-15H,3,5,7-10,16H2,1-2H3,(H,27,33)(H,28,29,30,31). The van der Waals surface area contributed by atoms with Crippen LogP contribution in [0, 0.1) is 5.82 Å². The minimum absolute atomic E-state index is 0.0420. The molecule has 0 radical (unpaired) electrons. The maximum Gasteiger partial charge on any atom is 0.251 e. The van der Waals surface area contributed by atoms with Gasteiger partial charge in [0.1, 0.15) is 5.82 Å². The van der Waals surface area contributed by atoms with E-state index < -0.39 is 5.82 Å². The van der Waals surface area contributed by atoms with Crippen molar-refractivity contribution in [2.75, 3.05) is 45.8 Å². The topological polar surface area (TPSA) is 102 Å². The van der Waals surface area contributed by atoms with E-state index >= 15 is 0 Å². The van der Waals surface area contributed by atoms with Gasteiger partial charge in [-0.3, -0.25) is 9.69 Å². The van der Waals surface area contributed by atoms with Crippen LogP contribution in [0.15, 0.2) is 42.9 Å². The van der Waals surface area contributed by atoms with E-state index in [4.69, 9.17) is 9.47 Å². The van der Waals surface area contributed by atoms with Gasteiger partial charge in [0, 0.05) is 50.8 Å². The van der Waals surface area contributed by atoms with E-state index in [-0.39, 0.29) is 11.7 Å². The highest BCUT2D eigenvalue weighted by molar-refractivity contribution is 5.94. The van der Waals surface area contributed by atoms with E-state index in [1.54, 1.807) is 18.5 Å². The maximum absolute atomic E-state index is 14.7. The Hall–Kier alpha value is -3.63. The second-order valence-corrected chi connectivity index (χ2v) is 8.21. The van der Waals surface area contributed by atoms with E-state index in [0.29, 0.717) is 35.7 Å². The Morgan fingerprint density at radius 2 is 1.83 bits per heavy atom. The van der Waals surface area contributed by atoms with Crippen LogP contribution in [-0.4, -0.2) is 66.2 Å². The summed E-state index contributed by atoms with van der Waals surface area (Å²) in [5.41, 5.74) is 2.72. The molecule has 0 unspecified atom stereocenters. The van der Waals surface area contributed by atoms with E-state index in [9.17, 15) is 9.18 Å². The highest BCUT2D eigenvalue weighted by Crippen LogP contribution is 2.24. The molecule has 1 aliphatic rings. The molecule has 0 aliphatic carbocycles. The van der Waals surface area contributed by atoms with E-state index in [1.165, 1.54) is 20.2 Å². The lowest BCUT2D eigenvalue weighted by atomic mass is 10.0. The van der Waals surface area contributed by atoms with Crippen LogP contribution in [0.4, 0.5) is 16.2 Å². The molecular weight excluding hydrogens is 451 g/mol. The fourth-order valence-electron chi connectivity index (χ4n) is 3.81. The number of nitrogens with one attached hydrogen (secondary N) is 2. The zero-order valence-corrected chi connectivity index (χ0v) is 19.9. The van der Waals surface area contributed by atoms with Crippen LogP contribution < -0.4 is 15.4 Å². The summed E-state index contributed by atoms with van der Waals surface area (Å²) in [5, 5.41) is 5.64. The number of nitrogens with zero attached hydrogens (tertiary/aromatic N) is 4. The number of aryl methyl sites for hydroxylation is 2. The number of pyridine rings is 1. The molecule has 1 aromatic carbocycles. The molecule has 1 amide bonds. The number of hydrogen-bond acceptors (Lipinski definition) is 8. The van der Waals surface area contributed by atoms with Crippen molar-refractivity contribution in [1.29, 1.82) is 0 Å². The summed E-state index contributed by atoms with van der Waals surface area (Å²) in [6, 6.07) is 6.88. The molecule has 10 heteroatoms. The van der Waals surface area contributed by atoms with Gasteiger partial charge in [-0.25, -0.2) is 19.3 Å². The number of anilines is 2. The number of halogens is 1. The van der Waals surface area contributed by atoms with Crippen LogP contribution in [0.1, 0.15) is 27.0 Å². The maximum atomic E-state index is 14.7. The Balaban J connectivity index is 1.34. The second-order valence-electron chi connectivity index (χ2n) is 8.21. The van der Waals surface area contributed by atoms with Gasteiger partial charge < -0.3 is 20.1 Å². The average molecular weight is 481 g/mol. The van der Waals surface area contributed by atoms with Crippen molar-refractivity contribution in [3.05, 3.63) is 70.9 Å². The first-order valence-corrected chi connectivity index (χ1v) is 11.5. The molecule has 3 heterocycles. The summed E-state index contributed by atoms with van der Waals surface area (Å²) in [6.07, 6.45) is 6.11. The molecule has 0 spiro atoms. The molecule has 1 fully saturated rings. The molecular formula is C25H29FN6O3. The predicted octanol–water partition coefficient (Wildman–Crippen LogP) is 2.74. The Morgan fingerprint density at radius 3 is 2.49 bits per heavy atom. The largest absolute Gasteiger partial charge is 0.494 e. The molecule has 2 N–H and O–H groups in total. The number of morpholine rings is 1. The first kappa shape index (κ1) is 24.5. The molecule has 3 aromatic rings. The fourth-order valence-corrected chi connectivity index (χ4v) is 3.81. The Kier molecular flexibility index (Phi) is 8.17. The first-order chi connectivity index (χ1) is 17.1. The molecule has 2 aromatic heterocycles. The minimum atomic E-state index is -0.470. The molecule has 1 saturated heterocycles. The van der Waals surface area contributed by atoms with E-state index in [0.717, 1.165) is 44.0 Å². The third-order valence-electron chi connectivity index (χ3n) is 5.79. The highest BCUT2D eigenvalue weighted by Gasteiger charge is 2.15. The Labute approximate surface area is 203 Å². The highest BCUT2D eigenvalue weighted by atomic mass is 19.1. The van der Waals surface area contributed by atoms with Gasteiger partial charge in [-0.1, -0.05) is 6.07 Å². The average Bonchev–Trinajstić information content (AvgIpc) is 2.90. The van der Waals surface area contributed by atoms with Gasteiger partial charge in [0.15, 0.2) is 11.6 Å². The normalized spacial score (nSPS) is 13.9. The molecule has 35 heavy (non-hydrogen) atoms. The van der Waals surface area contributed by atoms with Gasteiger partial charge in [0.2, 0.25) is 5.95 Å².